The van der Waals surface area contributed by atoms with Crippen molar-refractivity contribution in [2.45, 2.75) is 13.0 Å². The monoisotopic (exact) mass is 234 g/mol. The van der Waals surface area contributed by atoms with Crippen molar-refractivity contribution >= 4 is 5.69 Å². The van der Waals surface area contributed by atoms with Crippen LogP contribution in [-0.2, 0) is 0 Å². The third-order valence-electron chi connectivity index (χ3n) is 2.43. The highest BCUT2D eigenvalue weighted by Crippen LogP contribution is 2.19. The summed E-state index contributed by atoms with van der Waals surface area (Å²) in [7, 11) is 0. The fourth-order valence-electron chi connectivity index (χ4n) is 1.54. The van der Waals surface area contributed by atoms with Gasteiger partial charge in [-0.2, -0.15) is 0 Å². The Bertz CT molecular complexity index is 500. The summed E-state index contributed by atoms with van der Waals surface area (Å²) in [5.41, 5.74) is 1.37. The normalized spacial score (nSPS) is 12.2. The molecule has 17 heavy (non-hydrogen) atoms. The molecule has 0 aliphatic carbocycles. The maximum Gasteiger partial charge on any atom is 0.160 e. The maximum absolute atomic E-state index is 13.0. The lowest BCUT2D eigenvalue weighted by Crippen LogP contribution is -2.08. The molecule has 88 valence electrons. The van der Waals surface area contributed by atoms with Crippen LogP contribution in [0.25, 0.3) is 0 Å². The SMILES string of the molecule is CC(Nc1ccc(F)c(F)c1)c1ccccn1. The minimum atomic E-state index is -0.858. The summed E-state index contributed by atoms with van der Waals surface area (Å²) < 4.78 is 25.7. The van der Waals surface area contributed by atoms with E-state index in [1.807, 2.05) is 25.1 Å². The Morgan fingerprint density at radius 2 is 1.94 bits per heavy atom. The zero-order valence-electron chi connectivity index (χ0n) is 9.32. The zero-order valence-corrected chi connectivity index (χ0v) is 9.32. The van der Waals surface area contributed by atoms with E-state index in [9.17, 15) is 8.78 Å². The number of aromatic nitrogens is 1. The lowest BCUT2D eigenvalue weighted by atomic mass is 10.2. The molecular weight excluding hydrogens is 222 g/mol. The first kappa shape index (κ1) is 11.5. The van der Waals surface area contributed by atoms with Crippen LogP contribution in [0, 0.1) is 11.6 Å². The highest BCUT2D eigenvalue weighted by Gasteiger charge is 2.08. The van der Waals surface area contributed by atoms with Gasteiger partial charge in [0, 0.05) is 18.0 Å². The maximum atomic E-state index is 13.0. The van der Waals surface area contributed by atoms with Crippen molar-refractivity contribution in [3.8, 4) is 0 Å². The van der Waals surface area contributed by atoms with E-state index in [0.29, 0.717) is 5.69 Å². The van der Waals surface area contributed by atoms with Crippen molar-refractivity contribution in [2.24, 2.45) is 0 Å². The Hall–Kier alpha value is -1.97. The zero-order chi connectivity index (χ0) is 12.3. The fourth-order valence-corrected chi connectivity index (χ4v) is 1.54. The standard InChI is InChI=1S/C13H12F2N2/c1-9(13-4-2-3-7-16-13)17-10-5-6-11(14)12(15)8-10/h2-9,17H,1H3. The van der Waals surface area contributed by atoms with Gasteiger partial charge in [-0.25, -0.2) is 8.78 Å². The second-order valence-corrected chi connectivity index (χ2v) is 3.75. The Kier molecular flexibility index (Phi) is 3.32. The van der Waals surface area contributed by atoms with Gasteiger partial charge in [0.2, 0.25) is 0 Å². The van der Waals surface area contributed by atoms with Gasteiger partial charge in [0.15, 0.2) is 11.6 Å². The molecule has 1 N–H and O–H groups in total. The van der Waals surface area contributed by atoms with E-state index >= 15 is 0 Å². The first-order chi connectivity index (χ1) is 8.16. The predicted octanol–water partition coefficient (Wildman–Crippen LogP) is 3.53. The molecule has 0 saturated carbocycles. The van der Waals surface area contributed by atoms with Gasteiger partial charge in [-0.05, 0) is 31.2 Å². The van der Waals surface area contributed by atoms with Crippen molar-refractivity contribution in [1.29, 1.82) is 0 Å². The van der Waals surface area contributed by atoms with Crippen LogP contribution in [-0.4, -0.2) is 4.98 Å². The van der Waals surface area contributed by atoms with Crippen LogP contribution in [0.4, 0.5) is 14.5 Å². The molecule has 1 aromatic heterocycles. The second kappa shape index (κ2) is 4.91. The summed E-state index contributed by atoms with van der Waals surface area (Å²) in [5, 5.41) is 3.06. The predicted molar refractivity (Wildman–Crippen MR) is 62.6 cm³/mol. The van der Waals surface area contributed by atoms with Crippen molar-refractivity contribution < 1.29 is 8.78 Å². The van der Waals surface area contributed by atoms with Crippen LogP contribution in [0.15, 0.2) is 42.6 Å². The number of benzene rings is 1. The number of hydrogen-bond acceptors (Lipinski definition) is 2. The van der Waals surface area contributed by atoms with Gasteiger partial charge in [0.05, 0.1) is 11.7 Å². The second-order valence-electron chi connectivity index (χ2n) is 3.75. The van der Waals surface area contributed by atoms with Crippen LogP contribution in [0.2, 0.25) is 0 Å². The Labute approximate surface area is 98.3 Å². The van der Waals surface area contributed by atoms with Crippen molar-refractivity contribution in [1.82, 2.24) is 4.98 Å². The van der Waals surface area contributed by atoms with Crippen LogP contribution >= 0.6 is 0 Å². The van der Waals surface area contributed by atoms with E-state index < -0.39 is 11.6 Å². The Balaban J connectivity index is 2.13. The topological polar surface area (TPSA) is 24.9 Å². The first-order valence-electron chi connectivity index (χ1n) is 5.29. The summed E-state index contributed by atoms with van der Waals surface area (Å²) in [6.07, 6.45) is 1.69. The van der Waals surface area contributed by atoms with E-state index in [1.165, 1.54) is 6.07 Å². The average Bonchev–Trinajstić information content (AvgIpc) is 2.35. The molecule has 2 nitrogen and oxygen atoms in total. The van der Waals surface area contributed by atoms with E-state index in [2.05, 4.69) is 10.3 Å². The van der Waals surface area contributed by atoms with E-state index in [1.54, 1.807) is 6.20 Å². The molecule has 1 unspecified atom stereocenters. The Morgan fingerprint density at radius 3 is 2.59 bits per heavy atom. The van der Waals surface area contributed by atoms with Crippen LogP contribution < -0.4 is 5.32 Å². The number of rotatable bonds is 3. The van der Waals surface area contributed by atoms with E-state index in [-0.39, 0.29) is 6.04 Å². The number of anilines is 1. The molecule has 0 radical (unpaired) electrons. The van der Waals surface area contributed by atoms with Crippen LogP contribution in [0.3, 0.4) is 0 Å². The smallest absolute Gasteiger partial charge is 0.160 e. The van der Waals surface area contributed by atoms with Crippen LogP contribution in [0.1, 0.15) is 18.7 Å². The summed E-state index contributed by atoms with van der Waals surface area (Å²) in [5.74, 6) is -1.70. The molecule has 0 saturated heterocycles. The number of halogens is 2. The lowest BCUT2D eigenvalue weighted by molar-refractivity contribution is 0.509. The van der Waals surface area contributed by atoms with Gasteiger partial charge in [0.25, 0.3) is 0 Å². The highest BCUT2D eigenvalue weighted by atomic mass is 19.2. The van der Waals surface area contributed by atoms with Gasteiger partial charge in [-0.1, -0.05) is 6.07 Å². The van der Waals surface area contributed by atoms with Crippen LogP contribution in [0.5, 0.6) is 0 Å². The fraction of sp³-hybridized carbons (Fsp3) is 0.154. The van der Waals surface area contributed by atoms with E-state index in [0.717, 1.165) is 17.8 Å². The van der Waals surface area contributed by atoms with Gasteiger partial charge >= 0.3 is 0 Å². The molecule has 1 heterocycles. The summed E-state index contributed by atoms with van der Waals surface area (Å²) in [6, 6.07) is 9.24. The van der Waals surface area contributed by atoms with Crippen molar-refractivity contribution in [3.05, 3.63) is 59.9 Å². The molecule has 1 atom stereocenters. The minimum absolute atomic E-state index is 0.0685. The Morgan fingerprint density at radius 1 is 1.12 bits per heavy atom. The molecule has 0 bridgehead atoms. The number of pyridine rings is 1. The first-order valence-corrected chi connectivity index (χ1v) is 5.29. The molecule has 1 aromatic carbocycles. The molecular formula is C13H12F2N2. The average molecular weight is 234 g/mol. The summed E-state index contributed by atoms with van der Waals surface area (Å²) in [4.78, 5) is 4.18. The van der Waals surface area contributed by atoms with Crippen molar-refractivity contribution in [2.75, 3.05) is 5.32 Å². The largest absolute Gasteiger partial charge is 0.377 e. The molecule has 4 heteroatoms. The quantitative estimate of drug-likeness (QED) is 0.878. The number of nitrogens with zero attached hydrogens (tertiary/aromatic N) is 1. The third-order valence-corrected chi connectivity index (χ3v) is 2.43. The van der Waals surface area contributed by atoms with Gasteiger partial charge in [-0.15, -0.1) is 0 Å². The minimum Gasteiger partial charge on any atom is -0.377 e. The van der Waals surface area contributed by atoms with Crippen molar-refractivity contribution in [3.63, 3.8) is 0 Å². The summed E-state index contributed by atoms with van der Waals surface area (Å²) in [6.45, 7) is 1.91. The van der Waals surface area contributed by atoms with Gasteiger partial charge < -0.3 is 5.32 Å². The molecule has 0 aliphatic heterocycles. The third kappa shape index (κ3) is 2.78. The molecule has 0 spiro atoms. The number of hydrogen-bond donors (Lipinski definition) is 1. The molecule has 2 aromatic rings. The summed E-state index contributed by atoms with van der Waals surface area (Å²) >= 11 is 0. The van der Waals surface area contributed by atoms with Gasteiger partial charge in [0.1, 0.15) is 0 Å². The van der Waals surface area contributed by atoms with Gasteiger partial charge in [-0.3, -0.25) is 4.98 Å². The lowest BCUT2D eigenvalue weighted by Gasteiger charge is -2.14. The number of nitrogens with one attached hydrogen (secondary N) is 1. The molecule has 0 fully saturated rings. The highest BCUT2D eigenvalue weighted by molar-refractivity contribution is 5.45. The molecule has 0 amide bonds. The molecule has 2 rings (SSSR count). The molecule has 0 aliphatic rings. The van der Waals surface area contributed by atoms with E-state index in [4.69, 9.17) is 0 Å².